The van der Waals surface area contributed by atoms with Crippen LogP contribution in [0, 0.1) is 0 Å². The van der Waals surface area contributed by atoms with Crippen molar-refractivity contribution in [2.45, 2.75) is 104 Å². The van der Waals surface area contributed by atoms with E-state index in [2.05, 4.69) is 86.4 Å². The van der Waals surface area contributed by atoms with E-state index < -0.39 is 0 Å². The molecular formula is C27H42N2O2. The van der Waals surface area contributed by atoms with Gasteiger partial charge in [-0.1, -0.05) is 69.2 Å². The second kappa shape index (κ2) is 8.11. The third-order valence-corrected chi connectivity index (χ3v) is 6.63. The smallest absolute Gasteiger partial charge is 0.250 e. The highest BCUT2D eigenvalue weighted by Gasteiger charge is 2.31. The van der Waals surface area contributed by atoms with Crippen molar-refractivity contribution in [2.75, 3.05) is 0 Å². The van der Waals surface area contributed by atoms with Gasteiger partial charge in [-0.3, -0.25) is 9.59 Å². The number of aromatic nitrogens is 2. The Bertz CT molecular complexity index is 1050. The van der Waals surface area contributed by atoms with E-state index in [0.717, 1.165) is 35.4 Å². The van der Waals surface area contributed by atoms with Crippen LogP contribution in [0.3, 0.4) is 0 Å². The summed E-state index contributed by atoms with van der Waals surface area (Å²) in [5, 5.41) is 0. The van der Waals surface area contributed by atoms with Crippen LogP contribution >= 0.6 is 0 Å². The van der Waals surface area contributed by atoms with E-state index in [1.807, 2.05) is 7.05 Å². The summed E-state index contributed by atoms with van der Waals surface area (Å²) in [6.45, 7) is 21.6. The topological polar surface area (TPSA) is 54.9 Å². The highest BCUT2D eigenvalue weighted by atomic mass is 16.1. The Hall–Kier alpha value is -2.10. The van der Waals surface area contributed by atoms with Crippen molar-refractivity contribution in [3.8, 4) is 0 Å². The van der Waals surface area contributed by atoms with Gasteiger partial charge < -0.3 is 9.55 Å². The fourth-order valence-corrected chi connectivity index (χ4v) is 3.95. The Kier molecular flexibility index (Phi) is 6.58. The number of rotatable bonds is 5. The van der Waals surface area contributed by atoms with Crippen LogP contribution in [0.15, 0.2) is 33.9 Å². The van der Waals surface area contributed by atoms with Gasteiger partial charge in [0.1, 0.15) is 0 Å². The maximum Gasteiger partial charge on any atom is 0.250 e. The first kappa shape index (κ1) is 25.2. The largest absolute Gasteiger partial charge is 0.326 e. The van der Waals surface area contributed by atoms with Crippen LogP contribution in [0.25, 0.3) is 0 Å². The van der Waals surface area contributed by atoms with Crippen LogP contribution < -0.4 is 11.1 Å². The molecule has 0 spiro atoms. The number of hydrogen-bond donors (Lipinski definition) is 1. The van der Waals surface area contributed by atoms with Crippen molar-refractivity contribution in [2.24, 2.45) is 7.05 Å². The van der Waals surface area contributed by atoms with Crippen LogP contribution in [-0.4, -0.2) is 9.55 Å². The lowest BCUT2D eigenvalue weighted by molar-refractivity contribution is 0.359. The maximum atomic E-state index is 12.7. The third kappa shape index (κ3) is 5.78. The van der Waals surface area contributed by atoms with Gasteiger partial charge in [0.25, 0.3) is 5.56 Å². The predicted molar refractivity (Wildman–Crippen MR) is 131 cm³/mol. The van der Waals surface area contributed by atoms with Crippen molar-refractivity contribution >= 4 is 0 Å². The van der Waals surface area contributed by atoms with E-state index in [1.54, 1.807) is 16.7 Å². The van der Waals surface area contributed by atoms with Crippen molar-refractivity contribution in [1.29, 1.82) is 0 Å². The molecule has 172 valence electrons. The molecule has 0 atom stereocenters. The molecule has 2 rings (SSSR count). The molecule has 0 saturated heterocycles. The second-order valence-corrected chi connectivity index (χ2v) is 12.4. The lowest BCUT2D eigenvalue weighted by atomic mass is 9.73. The summed E-state index contributed by atoms with van der Waals surface area (Å²) in [5.41, 5.74) is 3.62. The molecule has 2 heterocycles. The molecule has 2 aromatic rings. The van der Waals surface area contributed by atoms with E-state index in [1.165, 1.54) is 0 Å². The van der Waals surface area contributed by atoms with Gasteiger partial charge in [0.15, 0.2) is 0 Å². The van der Waals surface area contributed by atoms with Crippen molar-refractivity contribution in [3.05, 3.63) is 67.5 Å². The molecule has 0 aliphatic carbocycles. The monoisotopic (exact) mass is 426 g/mol. The molecular weight excluding hydrogens is 384 g/mol. The van der Waals surface area contributed by atoms with Gasteiger partial charge in [0, 0.05) is 41.4 Å². The number of pyridine rings is 2. The summed E-state index contributed by atoms with van der Waals surface area (Å²) in [4.78, 5) is 28.0. The Morgan fingerprint density at radius 3 is 1.77 bits per heavy atom. The minimum atomic E-state index is -0.180. The molecule has 4 heteroatoms. The fourth-order valence-electron chi connectivity index (χ4n) is 3.95. The zero-order valence-corrected chi connectivity index (χ0v) is 21.5. The first-order valence-corrected chi connectivity index (χ1v) is 11.3. The SMILES string of the molecule is Cn1c(C(C)(C)CCC(C)(C)c2cc(C(C)(C)C)[nH]c(=O)c2)cc(C(C)(C)C)cc1=O. The molecule has 0 fully saturated rings. The average Bonchev–Trinajstić information content (AvgIpc) is 2.60. The van der Waals surface area contributed by atoms with Crippen molar-refractivity contribution in [1.82, 2.24) is 9.55 Å². The minimum Gasteiger partial charge on any atom is -0.326 e. The van der Waals surface area contributed by atoms with Crippen LogP contribution in [0.5, 0.6) is 0 Å². The Morgan fingerprint density at radius 2 is 1.26 bits per heavy atom. The Morgan fingerprint density at radius 1 is 0.710 bits per heavy atom. The number of nitrogens with one attached hydrogen (secondary N) is 1. The normalized spacial score (nSPS) is 13.5. The van der Waals surface area contributed by atoms with Gasteiger partial charge in [-0.25, -0.2) is 0 Å². The lowest BCUT2D eigenvalue weighted by Crippen LogP contribution is -2.33. The van der Waals surface area contributed by atoms with E-state index in [4.69, 9.17) is 0 Å². The van der Waals surface area contributed by atoms with E-state index in [-0.39, 0.29) is 32.8 Å². The standard InChI is InChI=1S/C27H42N2O2/c1-24(2,3)18-15-21(29(11)23(31)17-18)27(9,10)13-12-26(7,8)19-14-20(25(4,5)6)28-22(30)16-19/h14-17H,12-13H2,1-11H3,(H,28,30). The second-order valence-electron chi connectivity index (χ2n) is 12.4. The van der Waals surface area contributed by atoms with Gasteiger partial charge in [-0.2, -0.15) is 0 Å². The zero-order chi connectivity index (χ0) is 24.0. The molecule has 0 amide bonds. The number of H-pyrrole nitrogens is 1. The number of hydrogen-bond acceptors (Lipinski definition) is 2. The summed E-state index contributed by atoms with van der Waals surface area (Å²) in [5.74, 6) is 0. The molecule has 0 aliphatic rings. The molecule has 0 unspecified atom stereocenters. The first-order chi connectivity index (χ1) is 13.8. The first-order valence-electron chi connectivity index (χ1n) is 11.3. The van der Waals surface area contributed by atoms with Gasteiger partial charge in [-0.15, -0.1) is 0 Å². The molecule has 0 aliphatic heterocycles. The number of aromatic amines is 1. The molecule has 31 heavy (non-hydrogen) atoms. The molecule has 1 N–H and O–H groups in total. The van der Waals surface area contributed by atoms with E-state index >= 15 is 0 Å². The minimum absolute atomic E-state index is 0.0409. The molecule has 2 aromatic heterocycles. The molecule has 0 saturated carbocycles. The number of nitrogens with zero attached hydrogens (tertiary/aromatic N) is 1. The zero-order valence-electron chi connectivity index (χ0n) is 21.5. The van der Waals surface area contributed by atoms with Crippen LogP contribution in [0.4, 0.5) is 0 Å². The van der Waals surface area contributed by atoms with Gasteiger partial charge in [0.05, 0.1) is 0 Å². The lowest BCUT2D eigenvalue weighted by Gasteiger charge is -2.34. The highest BCUT2D eigenvalue weighted by molar-refractivity contribution is 5.30. The van der Waals surface area contributed by atoms with Crippen LogP contribution in [0.1, 0.15) is 105 Å². The van der Waals surface area contributed by atoms with Crippen LogP contribution in [0.2, 0.25) is 0 Å². The molecule has 0 radical (unpaired) electrons. The summed E-state index contributed by atoms with van der Waals surface area (Å²) in [6, 6.07) is 7.83. The predicted octanol–water partition coefficient (Wildman–Crippen LogP) is 5.70. The summed E-state index contributed by atoms with van der Waals surface area (Å²) in [7, 11) is 1.86. The molecule has 0 aromatic carbocycles. The van der Waals surface area contributed by atoms with Crippen LogP contribution in [-0.2, 0) is 28.7 Å². The quantitative estimate of drug-likeness (QED) is 0.666. The van der Waals surface area contributed by atoms with E-state index in [9.17, 15) is 9.59 Å². The summed E-state index contributed by atoms with van der Waals surface area (Å²) in [6.07, 6.45) is 1.81. The van der Waals surface area contributed by atoms with Gasteiger partial charge >= 0.3 is 0 Å². The molecule has 4 nitrogen and oxygen atoms in total. The van der Waals surface area contributed by atoms with E-state index in [0.29, 0.717) is 0 Å². The fraction of sp³-hybridized carbons (Fsp3) is 0.630. The summed E-state index contributed by atoms with van der Waals surface area (Å²) < 4.78 is 1.78. The van der Waals surface area contributed by atoms with Gasteiger partial charge in [-0.05, 0) is 46.9 Å². The summed E-state index contributed by atoms with van der Waals surface area (Å²) >= 11 is 0. The van der Waals surface area contributed by atoms with Gasteiger partial charge in [0.2, 0.25) is 5.56 Å². The highest BCUT2D eigenvalue weighted by Crippen LogP contribution is 2.37. The maximum absolute atomic E-state index is 12.7. The van der Waals surface area contributed by atoms with Crippen molar-refractivity contribution in [3.63, 3.8) is 0 Å². The third-order valence-electron chi connectivity index (χ3n) is 6.63. The average molecular weight is 427 g/mol. The molecule has 0 bridgehead atoms. The van der Waals surface area contributed by atoms with Crippen molar-refractivity contribution < 1.29 is 0 Å². The Balaban J connectivity index is 2.40. The Labute approximate surface area is 188 Å².